The summed E-state index contributed by atoms with van der Waals surface area (Å²) in [7, 11) is 0. The van der Waals surface area contributed by atoms with Gasteiger partial charge >= 0.3 is 6.03 Å². The number of carbonyl (C=O) groups is 3. The lowest BCUT2D eigenvalue weighted by Crippen LogP contribution is -2.42. The molecule has 1 aromatic carbocycles. The van der Waals surface area contributed by atoms with Gasteiger partial charge in [-0.05, 0) is 37.3 Å². The van der Waals surface area contributed by atoms with Crippen molar-refractivity contribution in [2.24, 2.45) is 5.92 Å². The van der Waals surface area contributed by atoms with Crippen LogP contribution in [0.2, 0.25) is 0 Å². The predicted octanol–water partition coefficient (Wildman–Crippen LogP) is 2.14. The average molecular weight is 331 g/mol. The Morgan fingerprint density at radius 3 is 2.54 bits per heavy atom. The van der Waals surface area contributed by atoms with Crippen molar-refractivity contribution in [1.29, 1.82) is 0 Å². The minimum atomic E-state index is -0.529. The van der Waals surface area contributed by atoms with Crippen LogP contribution in [0.5, 0.6) is 0 Å². The molecule has 0 aromatic heterocycles. The van der Waals surface area contributed by atoms with Crippen LogP contribution in [0.1, 0.15) is 44.4 Å². The van der Waals surface area contributed by atoms with Crippen molar-refractivity contribution in [2.75, 3.05) is 6.54 Å². The molecular formula is C18H25N3O3. The number of benzene rings is 1. The third kappa shape index (κ3) is 4.13. The van der Waals surface area contributed by atoms with Crippen molar-refractivity contribution in [3.63, 3.8) is 0 Å². The van der Waals surface area contributed by atoms with Crippen molar-refractivity contribution in [1.82, 2.24) is 15.5 Å². The molecule has 2 N–H and O–H groups in total. The molecule has 6 heteroatoms. The van der Waals surface area contributed by atoms with Gasteiger partial charge in [0.05, 0.1) is 6.04 Å². The van der Waals surface area contributed by atoms with Crippen LogP contribution in [0.25, 0.3) is 0 Å². The second-order valence-corrected chi connectivity index (χ2v) is 6.70. The molecule has 6 nitrogen and oxygen atoms in total. The lowest BCUT2D eigenvalue weighted by molar-refractivity contribution is -0.132. The third-order valence-electron chi connectivity index (χ3n) is 4.15. The number of aryl methyl sites for hydroxylation is 1. The van der Waals surface area contributed by atoms with E-state index >= 15 is 0 Å². The molecule has 1 heterocycles. The van der Waals surface area contributed by atoms with Crippen LogP contribution in [0, 0.1) is 12.8 Å². The Bertz CT molecular complexity index is 642. The molecule has 4 amide bonds. The van der Waals surface area contributed by atoms with Gasteiger partial charge in [0.25, 0.3) is 5.91 Å². The van der Waals surface area contributed by atoms with Gasteiger partial charge in [0.1, 0.15) is 12.6 Å². The smallest absolute Gasteiger partial charge is 0.325 e. The number of hydrogen-bond acceptors (Lipinski definition) is 3. The van der Waals surface area contributed by atoms with Crippen LogP contribution in [-0.2, 0) is 9.59 Å². The number of nitrogens with one attached hydrogen (secondary N) is 2. The fourth-order valence-corrected chi connectivity index (χ4v) is 2.94. The molecule has 0 spiro atoms. The van der Waals surface area contributed by atoms with Gasteiger partial charge in [0.2, 0.25) is 5.91 Å². The van der Waals surface area contributed by atoms with Crippen molar-refractivity contribution in [3.8, 4) is 0 Å². The monoisotopic (exact) mass is 331 g/mol. The molecule has 1 fully saturated rings. The zero-order valence-corrected chi connectivity index (χ0v) is 14.6. The van der Waals surface area contributed by atoms with Gasteiger partial charge in [-0.15, -0.1) is 0 Å². The van der Waals surface area contributed by atoms with E-state index in [1.807, 2.05) is 52.0 Å². The lowest BCUT2D eigenvalue weighted by Gasteiger charge is -2.19. The number of nitrogens with zero attached hydrogens (tertiary/aromatic N) is 1. The highest BCUT2D eigenvalue weighted by Gasteiger charge is 2.39. The molecule has 130 valence electrons. The van der Waals surface area contributed by atoms with Gasteiger partial charge in [-0.3, -0.25) is 14.5 Å². The molecule has 1 aliphatic rings. The van der Waals surface area contributed by atoms with Gasteiger partial charge in [-0.1, -0.05) is 38.1 Å². The summed E-state index contributed by atoms with van der Waals surface area (Å²) in [5, 5.41) is 5.49. The molecule has 1 saturated heterocycles. The van der Waals surface area contributed by atoms with Crippen molar-refractivity contribution in [3.05, 3.63) is 35.4 Å². The topological polar surface area (TPSA) is 78.5 Å². The first-order valence-electron chi connectivity index (χ1n) is 8.26. The van der Waals surface area contributed by atoms with Gasteiger partial charge < -0.3 is 10.6 Å². The zero-order chi connectivity index (χ0) is 17.9. The van der Waals surface area contributed by atoms with E-state index in [9.17, 15) is 14.4 Å². The summed E-state index contributed by atoms with van der Waals surface area (Å²) in [5.41, 5.74) is 2.10. The van der Waals surface area contributed by atoms with Crippen LogP contribution in [-0.4, -0.2) is 35.3 Å². The van der Waals surface area contributed by atoms with Crippen molar-refractivity contribution >= 4 is 17.8 Å². The quantitative estimate of drug-likeness (QED) is 0.784. The summed E-state index contributed by atoms with van der Waals surface area (Å²) in [6.07, 6.45) is 0.572. The average Bonchev–Trinajstić information content (AvgIpc) is 2.74. The van der Waals surface area contributed by atoms with Crippen LogP contribution in [0.3, 0.4) is 0 Å². The van der Waals surface area contributed by atoms with Crippen LogP contribution < -0.4 is 10.6 Å². The number of imide groups is 1. The van der Waals surface area contributed by atoms with Gasteiger partial charge in [-0.25, -0.2) is 4.79 Å². The molecule has 0 radical (unpaired) electrons. The summed E-state index contributed by atoms with van der Waals surface area (Å²) in [4.78, 5) is 37.4. The van der Waals surface area contributed by atoms with Crippen molar-refractivity contribution in [2.45, 2.75) is 46.2 Å². The molecule has 0 aliphatic carbocycles. The minimum Gasteiger partial charge on any atom is -0.348 e. The molecule has 24 heavy (non-hydrogen) atoms. The van der Waals surface area contributed by atoms with Crippen LogP contribution in [0.4, 0.5) is 4.79 Å². The Morgan fingerprint density at radius 1 is 1.25 bits per heavy atom. The van der Waals surface area contributed by atoms with E-state index in [1.54, 1.807) is 0 Å². The second-order valence-electron chi connectivity index (χ2n) is 6.70. The van der Waals surface area contributed by atoms with E-state index in [1.165, 1.54) is 0 Å². The molecule has 0 bridgehead atoms. The summed E-state index contributed by atoms with van der Waals surface area (Å²) in [5.74, 6) is -0.388. The molecule has 2 atom stereocenters. The number of carbonyl (C=O) groups excluding carboxylic acids is 3. The Labute approximate surface area is 142 Å². The van der Waals surface area contributed by atoms with E-state index in [-0.39, 0.29) is 30.3 Å². The minimum absolute atomic E-state index is 0.189. The molecule has 1 aliphatic heterocycles. The van der Waals surface area contributed by atoms with Gasteiger partial charge in [0.15, 0.2) is 0 Å². The fourth-order valence-electron chi connectivity index (χ4n) is 2.94. The fraction of sp³-hybridized carbons (Fsp3) is 0.500. The van der Waals surface area contributed by atoms with E-state index in [4.69, 9.17) is 0 Å². The zero-order valence-electron chi connectivity index (χ0n) is 14.6. The van der Waals surface area contributed by atoms with E-state index in [0.717, 1.165) is 16.0 Å². The Morgan fingerprint density at radius 2 is 1.92 bits per heavy atom. The van der Waals surface area contributed by atoms with E-state index in [2.05, 4.69) is 10.6 Å². The van der Waals surface area contributed by atoms with Crippen LogP contribution >= 0.6 is 0 Å². The first-order valence-corrected chi connectivity index (χ1v) is 8.26. The lowest BCUT2D eigenvalue weighted by atomic mass is 10.0. The second kappa shape index (κ2) is 7.47. The van der Waals surface area contributed by atoms with Crippen LogP contribution in [0.15, 0.2) is 24.3 Å². The first kappa shape index (κ1) is 18.0. The highest BCUT2D eigenvalue weighted by molar-refractivity contribution is 6.06. The maximum Gasteiger partial charge on any atom is 0.325 e. The summed E-state index contributed by atoms with van der Waals surface area (Å²) < 4.78 is 0. The normalized spacial score (nSPS) is 18.7. The highest BCUT2D eigenvalue weighted by Crippen LogP contribution is 2.17. The third-order valence-corrected chi connectivity index (χ3v) is 4.15. The highest BCUT2D eigenvalue weighted by atomic mass is 16.2. The predicted molar refractivity (Wildman–Crippen MR) is 91.2 cm³/mol. The standard InChI is InChI=1S/C18H25N3O3/c1-11(2)9-15-17(23)21(18(24)20-15)10-16(22)19-13(4)14-8-6-5-7-12(14)3/h5-8,11,13,15H,9-10H2,1-4H3,(H,19,22)(H,20,24)/t13-,15+/m1/s1. The maximum absolute atomic E-state index is 12.3. The Kier molecular flexibility index (Phi) is 5.59. The molecule has 0 saturated carbocycles. The Balaban J connectivity index is 1.96. The number of amides is 4. The van der Waals surface area contributed by atoms with Crippen molar-refractivity contribution < 1.29 is 14.4 Å². The summed E-state index contributed by atoms with van der Waals surface area (Å²) >= 11 is 0. The van der Waals surface area contributed by atoms with E-state index in [0.29, 0.717) is 6.42 Å². The molecule has 2 rings (SSSR count). The van der Waals surface area contributed by atoms with Gasteiger partial charge in [0, 0.05) is 0 Å². The molecular weight excluding hydrogens is 306 g/mol. The first-order chi connectivity index (χ1) is 11.3. The van der Waals surface area contributed by atoms with E-state index < -0.39 is 12.1 Å². The summed E-state index contributed by atoms with van der Waals surface area (Å²) in [6, 6.07) is 6.57. The largest absolute Gasteiger partial charge is 0.348 e. The number of urea groups is 1. The number of hydrogen-bond donors (Lipinski definition) is 2. The summed E-state index contributed by atoms with van der Waals surface area (Å²) in [6.45, 7) is 7.58. The SMILES string of the molecule is Cc1ccccc1[C@@H](C)NC(=O)CN1C(=O)N[C@@H](CC(C)C)C1=O. The Hall–Kier alpha value is -2.37. The molecule has 0 unspecified atom stereocenters. The maximum atomic E-state index is 12.3. The van der Waals surface area contributed by atoms with Gasteiger partial charge in [-0.2, -0.15) is 0 Å². The number of rotatable bonds is 6. The molecule has 1 aromatic rings.